The van der Waals surface area contributed by atoms with Gasteiger partial charge >= 0.3 is 0 Å². The van der Waals surface area contributed by atoms with Crippen molar-refractivity contribution >= 4 is 35.0 Å². The summed E-state index contributed by atoms with van der Waals surface area (Å²) in [5, 5.41) is 2.46. The second-order valence-corrected chi connectivity index (χ2v) is 6.81. The summed E-state index contributed by atoms with van der Waals surface area (Å²) in [7, 11) is 0. The Bertz CT molecular complexity index is 1360. The van der Waals surface area contributed by atoms with Crippen LogP contribution in [0.4, 0.5) is 5.82 Å². The van der Waals surface area contributed by atoms with Crippen molar-refractivity contribution in [2.45, 2.75) is 0 Å². The number of carbonyl (C=O) groups excluding carboxylic acids is 1. The van der Waals surface area contributed by atoms with Crippen molar-refractivity contribution in [2.75, 3.05) is 13.2 Å². The predicted molar refractivity (Wildman–Crippen MR) is 114 cm³/mol. The Balaban J connectivity index is 1.73. The summed E-state index contributed by atoms with van der Waals surface area (Å²) in [6.45, 7) is 0.609. The van der Waals surface area contributed by atoms with Crippen LogP contribution in [0.3, 0.4) is 0 Å². The van der Waals surface area contributed by atoms with Gasteiger partial charge in [0.2, 0.25) is 0 Å². The van der Waals surface area contributed by atoms with Crippen LogP contribution in [0.1, 0.15) is 0 Å². The minimum atomic E-state index is -0.277. The van der Waals surface area contributed by atoms with Gasteiger partial charge < -0.3 is 9.64 Å². The van der Waals surface area contributed by atoms with Crippen molar-refractivity contribution in [2.24, 2.45) is 9.98 Å². The average Bonchev–Trinajstić information content (AvgIpc) is 2.78. The van der Waals surface area contributed by atoms with Crippen LogP contribution in [0.15, 0.2) is 82.7 Å². The molecular formula is C23H17N5O2. The van der Waals surface area contributed by atoms with Gasteiger partial charge in [0.25, 0.3) is 5.91 Å². The largest absolute Gasteiger partial charge is 0.488 e. The molecule has 7 heteroatoms. The summed E-state index contributed by atoms with van der Waals surface area (Å²) in [5.41, 5.74) is 1.38. The van der Waals surface area contributed by atoms with E-state index in [1.807, 2.05) is 65.8 Å². The fourth-order valence-electron chi connectivity index (χ4n) is 3.33. The molecule has 0 aliphatic carbocycles. The average molecular weight is 395 g/mol. The second kappa shape index (κ2) is 7.71. The van der Waals surface area contributed by atoms with Gasteiger partial charge in [-0.05, 0) is 30.3 Å². The highest BCUT2D eigenvalue weighted by molar-refractivity contribution is 5.99. The third-order valence-corrected chi connectivity index (χ3v) is 4.79. The third kappa shape index (κ3) is 3.60. The summed E-state index contributed by atoms with van der Waals surface area (Å²) in [4.78, 5) is 31.9. The molecule has 2 aliphatic rings. The molecule has 0 fully saturated rings. The molecule has 0 atom stereocenters. The molecule has 2 aromatic carbocycles. The van der Waals surface area contributed by atoms with Crippen molar-refractivity contribution in [3.63, 3.8) is 0 Å². The second-order valence-electron chi connectivity index (χ2n) is 6.81. The van der Waals surface area contributed by atoms with E-state index in [1.54, 1.807) is 6.08 Å². The summed E-state index contributed by atoms with van der Waals surface area (Å²) >= 11 is 0. The molecule has 4 bridgehead atoms. The van der Waals surface area contributed by atoms with Gasteiger partial charge in [0, 0.05) is 34.8 Å². The lowest BCUT2D eigenvalue weighted by Gasteiger charge is -2.19. The molecule has 0 spiro atoms. The number of amides is 1. The first kappa shape index (κ1) is 17.9. The summed E-state index contributed by atoms with van der Waals surface area (Å²) in [5.74, 6) is 0.920. The summed E-state index contributed by atoms with van der Waals surface area (Å²) < 4.78 is 5.74. The molecule has 0 unspecified atom stereocenters. The van der Waals surface area contributed by atoms with Gasteiger partial charge in [-0.1, -0.05) is 24.3 Å². The molecule has 0 saturated heterocycles. The van der Waals surface area contributed by atoms with E-state index in [2.05, 4.69) is 15.0 Å². The monoisotopic (exact) mass is 395 g/mol. The Labute approximate surface area is 172 Å². The van der Waals surface area contributed by atoms with Gasteiger partial charge in [-0.15, -0.1) is 0 Å². The molecule has 3 heterocycles. The Morgan fingerprint density at radius 3 is 2.97 bits per heavy atom. The van der Waals surface area contributed by atoms with E-state index in [1.165, 1.54) is 12.5 Å². The van der Waals surface area contributed by atoms with Crippen LogP contribution in [0, 0.1) is 0 Å². The number of carbonyl (C=O) groups is 1. The summed E-state index contributed by atoms with van der Waals surface area (Å²) in [6.07, 6.45) is 10.5. The highest BCUT2D eigenvalue weighted by Crippen LogP contribution is 2.25. The van der Waals surface area contributed by atoms with Crippen LogP contribution in [-0.2, 0) is 4.79 Å². The lowest BCUT2D eigenvalue weighted by molar-refractivity contribution is -0.114. The Morgan fingerprint density at radius 1 is 1.07 bits per heavy atom. The minimum Gasteiger partial charge on any atom is -0.488 e. The topological polar surface area (TPSA) is 80.0 Å². The summed E-state index contributed by atoms with van der Waals surface area (Å²) in [6, 6.07) is 13.3. The molecule has 3 aromatic rings. The Morgan fingerprint density at radius 2 is 2.00 bits per heavy atom. The highest BCUT2D eigenvalue weighted by atomic mass is 16.5. The molecule has 30 heavy (non-hydrogen) atoms. The maximum absolute atomic E-state index is 12.4. The van der Waals surface area contributed by atoms with Gasteiger partial charge in [-0.25, -0.2) is 20.0 Å². The van der Waals surface area contributed by atoms with Crippen molar-refractivity contribution in [1.29, 1.82) is 0 Å². The molecule has 1 amide bonds. The zero-order valence-corrected chi connectivity index (χ0v) is 16.0. The molecule has 5 rings (SSSR count). The van der Waals surface area contributed by atoms with Crippen molar-refractivity contribution < 1.29 is 9.53 Å². The maximum atomic E-state index is 12.4. The smallest absolute Gasteiger partial charge is 0.274 e. The van der Waals surface area contributed by atoms with Crippen LogP contribution in [0.5, 0.6) is 5.75 Å². The van der Waals surface area contributed by atoms with Crippen LogP contribution < -0.4 is 15.3 Å². The molecule has 0 N–H and O–H groups in total. The van der Waals surface area contributed by atoms with E-state index in [-0.39, 0.29) is 12.5 Å². The van der Waals surface area contributed by atoms with E-state index in [0.717, 1.165) is 21.5 Å². The lowest BCUT2D eigenvalue weighted by Crippen LogP contribution is -2.29. The molecule has 2 aliphatic heterocycles. The number of benzene rings is 2. The Hall–Kier alpha value is -4.13. The van der Waals surface area contributed by atoms with Crippen LogP contribution in [-0.4, -0.2) is 40.1 Å². The molecule has 7 nitrogen and oxygen atoms in total. The zero-order valence-electron chi connectivity index (χ0n) is 16.0. The van der Waals surface area contributed by atoms with Crippen LogP contribution >= 0.6 is 0 Å². The molecular weight excluding hydrogens is 378 g/mol. The number of allylic oxidation sites excluding steroid dienone is 2. The van der Waals surface area contributed by atoms with Crippen molar-refractivity contribution in [3.8, 4) is 5.75 Å². The predicted octanol–water partition coefficient (Wildman–Crippen LogP) is 2.06. The van der Waals surface area contributed by atoms with Gasteiger partial charge in [-0.3, -0.25) is 4.79 Å². The normalized spacial score (nSPS) is 16.9. The molecule has 1 aromatic heterocycles. The van der Waals surface area contributed by atoms with Crippen LogP contribution in [0.25, 0.3) is 17.1 Å². The highest BCUT2D eigenvalue weighted by Gasteiger charge is 2.13. The van der Waals surface area contributed by atoms with Crippen molar-refractivity contribution in [3.05, 3.63) is 83.3 Å². The number of fused-ring (bicyclic) bond motifs is 4. The molecule has 0 saturated carbocycles. The van der Waals surface area contributed by atoms with E-state index in [9.17, 15) is 4.79 Å². The maximum Gasteiger partial charge on any atom is 0.274 e. The van der Waals surface area contributed by atoms with E-state index in [0.29, 0.717) is 23.7 Å². The first-order valence-electron chi connectivity index (χ1n) is 9.49. The van der Waals surface area contributed by atoms with Crippen LogP contribution in [0.2, 0.25) is 0 Å². The number of aliphatic imine (C=N–C) groups is 1. The fraction of sp³-hybridized carbons (Fsp3) is 0.0870. The quantitative estimate of drug-likeness (QED) is 0.582. The third-order valence-electron chi connectivity index (χ3n) is 4.79. The standard InChI is InChI=1S/C23H17N5O2/c29-23-17-5-3-10-28(14-17)13-16-4-1-2-6-20(16)27-22-19-12-18(30-11-9-24-23)7-8-21(19)25-15-26-22/h1-10,12-13,15H,11,14H2/b16-13-,24-9?,27-20?. The van der Waals surface area contributed by atoms with Crippen molar-refractivity contribution in [1.82, 2.24) is 14.9 Å². The van der Waals surface area contributed by atoms with E-state index >= 15 is 0 Å². The zero-order chi connectivity index (χ0) is 20.3. The number of para-hydroxylation sites is 1. The number of nitrogens with zero attached hydrogens (tertiary/aromatic N) is 5. The van der Waals surface area contributed by atoms with E-state index < -0.39 is 0 Å². The van der Waals surface area contributed by atoms with Gasteiger partial charge in [0.1, 0.15) is 18.7 Å². The minimum absolute atomic E-state index is 0.180. The van der Waals surface area contributed by atoms with Gasteiger partial charge in [0.05, 0.1) is 17.4 Å². The molecule has 0 radical (unpaired) electrons. The SMILES string of the molecule is O=C1N=CCOc2ccc3ncnc(c3c2)N=c2cccc/c2=C/N2C=CC=C1C2. The first-order valence-corrected chi connectivity index (χ1v) is 9.49. The number of ether oxygens (including phenoxy) is 1. The lowest BCUT2D eigenvalue weighted by atomic mass is 10.1. The first-order chi connectivity index (χ1) is 14.8. The van der Waals surface area contributed by atoms with Gasteiger partial charge in [-0.2, -0.15) is 0 Å². The number of hydrogen-bond donors (Lipinski definition) is 0. The molecule has 146 valence electrons. The van der Waals surface area contributed by atoms with Gasteiger partial charge in [0.15, 0.2) is 5.82 Å². The van der Waals surface area contributed by atoms with E-state index in [4.69, 9.17) is 9.73 Å². The Kier molecular flexibility index (Phi) is 4.61. The fourth-order valence-corrected chi connectivity index (χ4v) is 3.33. The number of rotatable bonds is 0. The number of aromatic nitrogens is 2. The number of hydrogen-bond acceptors (Lipinski definition) is 6.